The number of carbonyl (C=O) groups excluding carboxylic acids is 1. The van der Waals surface area contributed by atoms with Crippen molar-refractivity contribution >= 4 is 21.8 Å². The van der Waals surface area contributed by atoms with E-state index < -0.39 is 0 Å². The zero-order chi connectivity index (χ0) is 15.4. The van der Waals surface area contributed by atoms with Gasteiger partial charge in [-0.1, -0.05) is 15.9 Å². The molecule has 2 N–H and O–H groups in total. The Hall–Kier alpha value is -1.07. The van der Waals surface area contributed by atoms with E-state index >= 15 is 0 Å². The Morgan fingerprint density at radius 2 is 2.19 bits per heavy atom. The van der Waals surface area contributed by atoms with Crippen molar-refractivity contribution in [3.05, 3.63) is 28.2 Å². The number of piperidine rings is 1. The summed E-state index contributed by atoms with van der Waals surface area (Å²) < 4.78 is 6.52. The van der Waals surface area contributed by atoms with Crippen molar-refractivity contribution in [1.82, 2.24) is 10.6 Å². The van der Waals surface area contributed by atoms with Gasteiger partial charge < -0.3 is 15.4 Å². The number of ether oxygens (including phenoxy) is 1. The molecule has 1 heterocycles. The van der Waals surface area contributed by atoms with Gasteiger partial charge in [0.05, 0.1) is 6.10 Å². The quantitative estimate of drug-likeness (QED) is 0.873. The lowest BCUT2D eigenvalue weighted by Crippen LogP contribution is -2.51. The SMILES string of the molecule is CC(C)Oc1cc(Br)cc(C(=O)NC2CCCNC2C)c1. The number of hydrogen-bond donors (Lipinski definition) is 2. The Bertz CT molecular complexity index is 505. The van der Waals surface area contributed by atoms with Gasteiger partial charge in [-0.05, 0) is 58.4 Å². The summed E-state index contributed by atoms with van der Waals surface area (Å²) in [6.07, 6.45) is 2.19. The molecule has 0 saturated carbocycles. The maximum Gasteiger partial charge on any atom is 0.251 e. The lowest BCUT2D eigenvalue weighted by Gasteiger charge is -2.30. The molecule has 4 nitrogen and oxygen atoms in total. The fourth-order valence-electron chi connectivity index (χ4n) is 2.53. The topological polar surface area (TPSA) is 50.4 Å². The van der Waals surface area contributed by atoms with Crippen LogP contribution in [0.1, 0.15) is 44.0 Å². The van der Waals surface area contributed by atoms with Crippen LogP contribution in [0.4, 0.5) is 0 Å². The molecule has 0 spiro atoms. The molecule has 1 amide bonds. The van der Waals surface area contributed by atoms with Gasteiger partial charge >= 0.3 is 0 Å². The first-order valence-corrected chi connectivity index (χ1v) is 8.26. The molecule has 21 heavy (non-hydrogen) atoms. The first-order valence-electron chi connectivity index (χ1n) is 7.47. The van der Waals surface area contributed by atoms with E-state index in [4.69, 9.17) is 4.74 Å². The van der Waals surface area contributed by atoms with E-state index in [-0.39, 0.29) is 18.1 Å². The first kappa shape index (κ1) is 16.3. The Kier molecular flexibility index (Phi) is 5.65. The molecule has 2 atom stereocenters. The maximum atomic E-state index is 12.4. The largest absolute Gasteiger partial charge is 0.491 e. The first-order chi connectivity index (χ1) is 9.95. The van der Waals surface area contributed by atoms with E-state index in [1.807, 2.05) is 26.0 Å². The lowest BCUT2D eigenvalue weighted by molar-refractivity contribution is 0.0919. The van der Waals surface area contributed by atoms with Crippen LogP contribution in [0.5, 0.6) is 5.75 Å². The number of nitrogens with one attached hydrogen (secondary N) is 2. The number of rotatable bonds is 4. The van der Waals surface area contributed by atoms with Crippen LogP contribution in [0.3, 0.4) is 0 Å². The number of benzene rings is 1. The van der Waals surface area contributed by atoms with Gasteiger partial charge in [-0.15, -0.1) is 0 Å². The number of halogens is 1. The van der Waals surface area contributed by atoms with Crippen LogP contribution in [0.15, 0.2) is 22.7 Å². The molecule has 0 radical (unpaired) electrons. The third kappa shape index (κ3) is 4.71. The number of hydrogen-bond acceptors (Lipinski definition) is 3. The highest BCUT2D eigenvalue weighted by molar-refractivity contribution is 9.10. The van der Waals surface area contributed by atoms with Gasteiger partial charge in [-0.25, -0.2) is 0 Å². The van der Waals surface area contributed by atoms with Gasteiger partial charge in [0, 0.05) is 22.1 Å². The van der Waals surface area contributed by atoms with Crippen molar-refractivity contribution in [2.45, 2.75) is 51.8 Å². The molecule has 1 saturated heterocycles. The van der Waals surface area contributed by atoms with Gasteiger partial charge in [-0.3, -0.25) is 4.79 Å². The standard InChI is InChI=1S/C16H23BrN2O2/c1-10(2)21-14-8-12(7-13(17)9-14)16(20)19-15-5-4-6-18-11(15)3/h7-11,15,18H,4-6H2,1-3H3,(H,19,20). The summed E-state index contributed by atoms with van der Waals surface area (Å²) in [5, 5.41) is 6.50. The Balaban J connectivity index is 2.09. The normalized spacial score (nSPS) is 22.1. The summed E-state index contributed by atoms with van der Waals surface area (Å²) in [6.45, 7) is 7.07. The van der Waals surface area contributed by atoms with Crippen LogP contribution >= 0.6 is 15.9 Å². The van der Waals surface area contributed by atoms with E-state index in [9.17, 15) is 4.79 Å². The van der Waals surface area contributed by atoms with Crippen LogP contribution in [0.25, 0.3) is 0 Å². The Morgan fingerprint density at radius 3 is 2.86 bits per heavy atom. The Labute approximate surface area is 134 Å². The van der Waals surface area contributed by atoms with Crippen molar-refractivity contribution in [2.24, 2.45) is 0 Å². The van der Waals surface area contributed by atoms with Crippen LogP contribution in [-0.4, -0.2) is 30.6 Å². The Morgan fingerprint density at radius 1 is 1.43 bits per heavy atom. The highest BCUT2D eigenvalue weighted by Gasteiger charge is 2.23. The number of amides is 1. The molecule has 1 fully saturated rings. The van der Waals surface area contributed by atoms with Crippen LogP contribution in [0.2, 0.25) is 0 Å². The van der Waals surface area contributed by atoms with Crippen molar-refractivity contribution in [1.29, 1.82) is 0 Å². The molecule has 2 unspecified atom stereocenters. The predicted molar refractivity (Wildman–Crippen MR) is 87.9 cm³/mol. The van der Waals surface area contributed by atoms with Crippen molar-refractivity contribution < 1.29 is 9.53 Å². The molecule has 116 valence electrons. The molecule has 0 aliphatic carbocycles. The molecular weight excluding hydrogens is 332 g/mol. The third-order valence-electron chi connectivity index (χ3n) is 3.58. The summed E-state index contributed by atoms with van der Waals surface area (Å²) in [5.74, 6) is 0.657. The van der Waals surface area contributed by atoms with E-state index in [1.54, 1.807) is 6.07 Å². The van der Waals surface area contributed by atoms with E-state index in [2.05, 4.69) is 33.5 Å². The highest BCUT2D eigenvalue weighted by Crippen LogP contribution is 2.23. The summed E-state index contributed by atoms with van der Waals surface area (Å²) in [5.41, 5.74) is 0.623. The molecule has 1 aromatic rings. The minimum atomic E-state index is -0.0505. The fourth-order valence-corrected chi connectivity index (χ4v) is 3.00. The molecule has 0 bridgehead atoms. The van der Waals surface area contributed by atoms with E-state index in [1.165, 1.54) is 0 Å². The second-order valence-corrected chi connectivity index (χ2v) is 6.72. The smallest absolute Gasteiger partial charge is 0.251 e. The zero-order valence-corrected chi connectivity index (χ0v) is 14.4. The molecule has 1 aliphatic rings. The second kappa shape index (κ2) is 7.27. The van der Waals surface area contributed by atoms with Gasteiger partial charge in [0.2, 0.25) is 0 Å². The molecule has 0 aromatic heterocycles. The van der Waals surface area contributed by atoms with Gasteiger partial charge in [0.15, 0.2) is 0 Å². The molecule has 5 heteroatoms. The fraction of sp³-hybridized carbons (Fsp3) is 0.562. The third-order valence-corrected chi connectivity index (χ3v) is 4.04. The van der Waals surface area contributed by atoms with Crippen LogP contribution < -0.4 is 15.4 Å². The second-order valence-electron chi connectivity index (χ2n) is 5.81. The highest BCUT2D eigenvalue weighted by atomic mass is 79.9. The van der Waals surface area contributed by atoms with Crippen LogP contribution in [0, 0.1) is 0 Å². The predicted octanol–water partition coefficient (Wildman–Crippen LogP) is 3.11. The van der Waals surface area contributed by atoms with Gasteiger partial charge in [0.25, 0.3) is 5.91 Å². The summed E-state index contributed by atoms with van der Waals surface area (Å²) in [6, 6.07) is 5.98. The molecule has 1 aromatic carbocycles. The zero-order valence-electron chi connectivity index (χ0n) is 12.8. The van der Waals surface area contributed by atoms with E-state index in [0.29, 0.717) is 17.4 Å². The lowest BCUT2D eigenvalue weighted by atomic mass is 9.99. The van der Waals surface area contributed by atoms with Crippen molar-refractivity contribution in [3.63, 3.8) is 0 Å². The average Bonchev–Trinajstić information content (AvgIpc) is 2.40. The van der Waals surface area contributed by atoms with Crippen LogP contribution in [-0.2, 0) is 0 Å². The van der Waals surface area contributed by atoms with Crippen molar-refractivity contribution in [3.8, 4) is 5.75 Å². The minimum Gasteiger partial charge on any atom is -0.491 e. The summed E-state index contributed by atoms with van der Waals surface area (Å²) in [4.78, 5) is 12.4. The monoisotopic (exact) mass is 354 g/mol. The molecule has 2 rings (SSSR count). The summed E-state index contributed by atoms with van der Waals surface area (Å²) >= 11 is 3.44. The minimum absolute atomic E-state index is 0.0505. The maximum absolute atomic E-state index is 12.4. The molecular formula is C16H23BrN2O2. The molecule has 1 aliphatic heterocycles. The van der Waals surface area contributed by atoms with Gasteiger partial charge in [-0.2, -0.15) is 0 Å². The van der Waals surface area contributed by atoms with Crippen molar-refractivity contribution in [2.75, 3.05) is 6.54 Å². The van der Waals surface area contributed by atoms with Gasteiger partial charge in [0.1, 0.15) is 5.75 Å². The average molecular weight is 355 g/mol. The number of carbonyl (C=O) groups is 1. The summed E-state index contributed by atoms with van der Waals surface area (Å²) in [7, 11) is 0. The van der Waals surface area contributed by atoms with E-state index in [0.717, 1.165) is 23.9 Å².